The van der Waals surface area contributed by atoms with Gasteiger partial charge in [0.1, 0.15) is 0 Å². The summed E-state index contributed by atoms with van der Waals surface area (Å²) in [5, 5.41) is 10.8. The Balaban J connectivity index is 3.01. The molecule has 2 N–H and O–H groups in total. The number of benzene rings is 1. The minimum atomic E-state index is -3.66. The topological polar surface area (TPSA) is 82.0 Å². The van der Waals surface area contributed by atoms with Crippen molar-refractivity contribution in [2.24, 2.45) is 0 Å². The van der Waals surface area contributed by atoms with Crippen molar-refractivity contribution in [3.8, 4) is 6.07 Å². The summed E-state index contributed by atoms with van der Waals surface area (Å²) in [5.74, 6) is 0. The molecule has 1 atom stereocenters. The summed E-state index contributed by atoms with van der Waals surface area (Å²) in [6, 6.07) is 8.92. The van der Waals surface area contributed by atoms with Crippen LogP contribution >= 0.6 is 0 Å². The first-order valence-electron chi connectivity index (χ1n) is 5.69. The number of rotatable bonds is 6. The van der Waals surface area contributed by atoms with Crippen LogP contribution in [0.5, 0.6) is 0 Å². The van der Waals surface area contributed by atoms with Gasteiger partial charge in [0, 0.05) is 6.54 Å². The summed E-state index contributed by atoms with van der Waals surface area (Å²) in [6.45, 7) is 2.23. The number of nitrogens with zero attached hydrogens (tertiary/aromatic N) is 1. The lowest BCUT2D eigenvalue weighted by atomic mass is 10.2. The third-order valence-corrected chi connectivity index (χ3v) is 4.22. The highest BCUT2D eigenvalue weighted by Crippen LogP contribution is 2.18. The molecule has 5 nitrogen and oxygen atoms in total. The van der Waals surface area contributed by atoms with Crippen LogP contribution in [0.4, 0.5) is 5.69 Å². The SMILES string of the molecule is CCC(C#N)S(=O)(=O)Nc1ccccc1CNC. The van der Waals surface area contributed by atoms with Crippen LogP contribution in [-0.4, -0.2) is 20.7 Å². The van der Waals surface area contributed by atoms with Crippen molar-refractivity contribution in [1.82, 2.24) is 5.32 Å². The Hall–Kier alpha value is -1.58. The van der Waals surface area contributed by atoms with Crippen LogP contribution in [0.25, 0.3) is 0 Å². The molecule has 0 heterocycles. The molecule has 1 aromatic carbocycles. The number of hydrogen-bond donors (Lipinski definition) is 2. The fourth-order valence-corrected chi connectivity index (χ4v) is 2.79. The van der Waals surface area contributed by atoms with E-state index in [4.69, 9.17) is 5.26 Å². The minimum Gasteiger partial charge on any atom is -0.316 e. The molecule has 18 heavy (non-hydrogen) atoms. The number of sulfonamides is 1. The van der Waals surface area contributed by atoms with Crippen LogP contribution in [0.15, 0.2) is 24.3 Å². The second-order valence-electron chi connectivity index (χ2n) is 3.86. The molecule has 0 aromatic heterocycles. The van der Waals surface area contributed by atoms with Gasteiger partial charge in [-0.2, -0.15) is 5.26 Å². The molecular weight excluding hydrogens is 250 g/mol. The molecule has 0 saturated heterocycles. The van der Waals surface area contributed by atoms with Gasteiger partial charge in [-0.1, -0.05) is 25.1 Å². The molecular formula is C12H17N3O2S. The fraction of sp³-hybridized carbons (Fsp3) is 0.417. The maximum atomic E-state index is 12.0. The third-order valence-electron chi connectivity index (χ3n) is 2.53. The molecule has 0 radical (unpaired) electrons. The highest BCUT2D eigenvalue weighted by Gasteiger charge is 2.23. The van der Waals surface area contributed by atoms with E-state index in [1.165, 1.54) is 0 Å². The Labute approximate surface area is 108 Å². The van der Waals surface area contributed by atoms with Crippen molar-refractivity contribution in [2.75, 3.05) is 11.8 Å². The second kappa shape index (κ2) is 6.38. The summed E-state index contributed by atoms with van der Waals surface area (Å²) < 4.78 is 26.4. The summed E-state index contributed by atoms with van der Waals surface area (Å²) in [5.41, 5.74) is 1.36. The van der Waals surface area contributed by atoms with Gasteiger partial charge in [-0.3, -0.25) is 4.72 Å². The molecule has 0 fully saturated rings. The predicted octanol–water partition coefficient (Wildman–Crippen LogP) is 1.45. The summed E-state index contributed by atoms with van der Waals surface area (Å²) in [4.78, 5) is 0. The molecule has 1 rings (SSSR count). The molecule has 1 unspecified atom stereocenters. The maximum absolute atomic E-state index is 12.0. The van der Waals surface area contributed by atoms with Crippen molar-refractivity contribution in [2.45, 2.75) is 25.1 Å². The van der Waals surface area contributed by atoms with Crippen LogP contribution in [-0.2, 0) is 16.6 Å². The summed E-state index contributed by atoms with van der Waals surface area (Å²) in [7, 11) is -1.87. The van der Waals surface area contributed by atoms with Crippen molar-refractivity contribution >= 4 is 15.7 Å². The van der Waals surface area contributed by atoms with Crippen LogP contribution in [0.1, 0.15) is 18.9 Å². The first-order chi connectivity index (χ1) is 8.55. The van der Waals surface area contributed by atoms with Crippen LogP contribution < -0.4 is 10.0 Å². The minimum absolute atomic E-state index is 0.264. The molecule has 6 heteroatoms. The first kappa shape index (κ1) is 14.5. The van der Waals surface area contributed by atoms with E-state index in [0.29, 0.717) is 12.2 Å². The van der Waals surface area contributed by atoms with E-state index in [9.17, 15) is 8.42 Å². The number of nitriles is 1. The summed E-state index contributed by atoms with van der Waals surface area (Å²) >= 11 is 0. The number of para-hydroxylation sites is 1. The third kappa shape index (κ3) is 3.45. The molecule has 0 bridgehead atoms. The lowest BCUT2D eigenvalue weighted by Gasteiger charge is -2.14. The van der Waals surface area contributed by atoms with E-state index < -0.39 is 15.3 Å². The largest absolute Gasteiger partial charge is 0.316 e. The van der Waals surface area contributed by atoms with Gasteiger partial charge in [0.05, 0.1) is 11.8 Å². The fourth-order valence-electron chi connectivity index (χ4n) is 1.57. The lowest BCUT2D eigenvalue weighted by molar-refractivity contribution is 0.592. The molecule has 0 aliphatic heterocycles. The van der Waals surface area contributed by atoms with Crippen molar-refractivity contribution in [1.29, 1.82) is 5.26 Å². The van der Waals surface area contributed by atoms with E-state index in [-0.39, 0.29) is 6.42 Å². The Morgan fingerprint density at radius 1 is 1.39 bits per heavy atom. The van der Waals surface area contributed by atoms with Crippen molar-refractivity contribution < 1.29 is 8.42 Å². The van der Waals surface area contributed by atoms with Gasteiger partial charge in [0.25, 0.3) is 0 Å². The standard InChI is InChI=1S/C12H17N3O2S/c1-3-11(8-13)18(16,17)15-12-7-5-4-6-10(12)9-14-2/h4-7,11,14-15H,3,9H2,1-2H3. The Kier molecular flexibility index (Phi) is 5.13. The Morgan fingerprint density at radius 2 is 2.06 bits per heavy atom. The average Bonchev–Trinajstić information content (AvgIpc) is 2.32. The zero-order valence-electron chi connectivity index (χ0n) is 10.5. The molecule has 1 aromatic rings. The predicted molar refractivity (Wildman–Crippen MR) is 71.4 cm³/mol. The molecule has 98 valence electrons. The van der Waals surface area contributed by atoms with Gasteiger partial charge in [-0.05, 0) is 25.1 Å². The zero-order valence-corrected chi connectivity index (χ0v) is 11.3. The molecule has 0 amide bonds. The first-order valence-corrected chi connectivity index (χ1v) is 7.23. The van der Waals surface area contributed by atoms with Gasteiger partial charge in [0.2, 0.25) is 10.0 Å². The molecule has 0 aliphatic carbocycles. The van der Waals surface area contributed by atoms with Crippen molar-refractivity contribution in [3.63, 3.8) is 0 Å². The van der Waals surface area contributed by atoms with Crippen LogP contribution in [0.3, 0.4) is 0 Å². The van der Waals surface area contributed by atoms with Crippen LogP contribution in [0.2, 0.25) is 0 Å². The number of nitrogens with one attached hydrogen (secondary N) is 2. The lowest BCUT2D eigenvalue weighted by Crippen LogP contribution is -2.26. The van der Waals surface area contributed by atoms with Gasteiger partial charge in [0.15, 0.2) is 5.25 Å². The zero-order chi connectivity index (χ0) is 13.6. The van der Waals surface area contributed by atoms with E-state index in [0.717, 1.165) is 5.56 Å². The highest BCUT2D eigenvalue weighted by molar-refractivity contribution is 7.93. The van der Waals surface area contributed by atoms with Gasteiger partial charge in [-0.25, -0.2) is 8.42 Å². The van der Waals surface area contributed by atoms with Gasteiger partial charge >= 0.3 is 0 Å². The number of anilines is 1. The second-order valence-corrected chi connectivity index (χ2v) is 5.72. The number of hydrogen-bond acceptors (Lipinski definition) is 4. The Morgan fingerprint density at radius 3 is 2.61 bits per heavy atom. The maximum Gasteiger partial charge on any atom is 0.249 e. The van der Waals surface area contributed by atoms with Crippen LogP contribution in [0, 0.1) is 11.3 Å². The Bertz CT molecular complexity index is 534. The highest BCUT2D eigenvalue weighted by atomic mass is 32.2. The van der Waals surface area contributed by atoms with E-state index in [2.05, 4.69) is 10.0 Å². The van der Waals surface area contributed by atoms with E-state index in [1.807, 2.05) is 12.1 Å². The van der Waals surface area contributed by atoms with E-state index in [1.54, 1.807) is 32.2 Å². The summed E-state index contributed by atoms with van der Waals surface area (Å²) in [6.07, 6.45) is 0.264. The average molecular weight is 267 g/mol. The molecule has 0 saturated carbocycles. The smallest absolute Gasteiger partial charge is 0.249 e. The van der Waals surface area contributed by atoms with Gasteiger partial charge < -0.3 is 5.32 Å². The molecule has 0 aliphatic rings. The quantitative estimate of drug-likeness (QED) is 0.817. The molecule has 0 spiro atoms. The van der Waals surface area contributed by atoms with E-state index >= 15 is 0 Å². The monoisotopic (exact) mass is 267 g/mol. The van der Waals surface area contributed by atoms with Gasteiger partial charge in [-0.15, -0.1) is 0 Å². The normalized spacial score (nSPS) is 12.7. The van der Waals surface area contributed by atoms with Crippen molar-refractivity contribution in [3.05, 3.63) is 29.8 Å².